The SMILES string of the molecule is O=C(CC(C(=O)O)C1CCCCC1)OCc1ccccc1. The standard InChI is InChI=1S/C17H22O4/c18-16(21-12-13-7-3-1-4-8-13)11-15(17(19)20)14-9-5-2-6-10-14/h1,3-4,7-8,14-15H,2,5-6,9-12H2,(H,19,20). The summed E-state index contributed by atoms with van der Waals surface area (Å²) < 4.78 is 5.20. The smallest absolute Gasteiger partial charge is 0.307 e. The quantitative estimate of drug-likeness (QED) is 0.816. The minimum Gasteiger partial charge on any atom is -0.481 e. The fourth-order valence-corrected chi connectivity index (χ4v) is 2.97. The van der Waals surface area contributed by atoms with Crippen LogP contribution in [0.2, 0.25) is 0 Å². The summed E-state index contributed by atoms with van der Waals surface area (Å²) in [6.45, 7) is 0.205. The Bertz CT molecular complexity index is 463. The van der Waals surface area contributed by atoms with Gasteiger partial charge in [0.05, 0.1) is 12.3 Å². The second-order valence-electron chi connectivity index (χ2n) is 5.69. The van der Waals surface area contributed by atoms with Crippen molar-refractivity contribution in [2.24, 2.45) is 11.8 Å². The predicted molar refractivity (Wildman–Crippen MR) is 78.6 cm³/mol. The summed E-state index contributed by atoms with van der Waals surface area (Å²) in [5, 5.41) is 9.35. The summed E-state index contributed by atoms with van der Waals surface area (Å²) in [5.41, 5.74) is 0.912. The van der Waals surface area contributed by atoms with E-state index in [4.69, 9.17) is 4.74 Å². The summed E-state index contributed by atoms with van der Waals surface area (Å²) in [5.74, 6) is -1.79. The molecule has 1 aliphatic rings. The van der Waals surface area contributed by atoms with Gasteiger partial charge in [0, 0.05) is 0 Å². The maximum atomic E-state index is 11.9. The zero-order chi connectivity index (χ0) is 15.1. The van der Waals surface area contributed by atoms with E-state index in [9.17, 15) is 14.7 Å². The third kappa shape index (κ3) is 4.88. The van der Waals surface area contributed by atoms with Gasteiger partial charge in [-0.1, -0.05) is 49.6 Å². The van der Waals surface area contributed by atoms with Crippen LogP contribution in [0, 0.1) is 11.8 Å². The molecule has 1 N–H and O–H groups in total. The fraction of sp³-hybridized carbons (Fsp3) is 0.529. The largest absolute Gasteiger partial charge is 0.481 e. The molecule has 0 aliphatic heterocycles. The first-order valence-corrected chi connectivity index (χ1v) is 7.59. The molecule has 0 amide bonds. The molecular formula is C17H22O4. The van der Waals surface area contributed by atoms with Crippen LogP contribution in [-0.2, 0) is 20.9 Å². The minimum atomic E-state index is -0.876. The van der Waals surface area contributed by atoms with E-state index in [1.165, 1.54) is 6.42 Å². The molecule has 1 aliphatic carbocycles. The molecule has 1 saturated carbocycles. The topological polar surface area (TPSA) is 63.6 Å². The van der Waals surface area contributed by atoms with Crippen LogP contribution in [0.4, 0.5) is 0 Å². The van der Waals surface area contributed by atoms with E-state index in [-0.39, 0.29) is 18.9 Å². The maximum Gasteiger partial charge on any atom is 0.307 e. The molecule has 4 heteroatoms. The zero-order valence-electron chi connectivity index (χ0n) is 12.2. The number of esters is 1. The van der Waals surface area contributed by atoms with Crippen LogP contribution in [0.1, 0.15) is 44.1 Å². The molecule has 2 rings (SSSR count). The lowest BCUT2D eigenvalue weighted by Gasteiger charge is -2.26. The number of carbonyl (C=O) groups excluding carboxylic acids is 1. The Morgan fingerprint density at radius 1 is 1.14 bits per heavy atom. The van der Waals surface area contributed by atoms with E-state index in [1.807, 2.05) is 30.3 Å². The van der Waals surface area contributed by atoms with Crippen LogP contribution >= 0.6 is 0 Å². The van der Waals surface area contributed by atoms with Crippen molar-refractivity contribution in [2.45, 2.75) is 45.1 Å². The lowest BCUT2D eigenvalue weighted by Crippen LogP contribution is -2.28. The third-order valence-electron chi connectivity index (χ3n) is 4.17. The molecule has 21 heavy (non-hydrogen) atoms. The number of carboxylic acids is 1. The molecule has 1 aromatic carbocycles. The van der Waals surface area contributed by atoms with Crippen molar-refractivity contribution in [1.82, 2.24) is 0 Å². The second-order valence-corrected chi connectivity index (χ2v) is 5.69. The van der Waals surface area contributed by atoms with Crippen LogP contribution in [0.25, 0.3) is 0 Å². The van der Waals surface area contributed by atoms with Crippen molar-refractivity contribution >= 4 is 11.9 Å². The van der Waals surface area contributed by atoms with Gasteiger partial charge in [-0.3, -0.25) is 9.59 Å². The van der Waals surface area contributed by atoms with Crippen molar-refractivity contribution in [1.29, 1.82) is 0 Å². The third-order valence-corrected chi connectivity index (χ3v) is 4.17. The van der Waals surface area contributed by atoms with Gasteiger partial charge in [-0.2, -0.15) is 0 Å². The maximum absolute atomic E-state index is 11.9. The molecule has 0 bridgehead atoms. The van der Waals surface area contributed by atoms with Gasteiger partial charge in [-0.25, -0.2) is 0 Å². The van der Waals surface area contributed by atoms with E-state index in [0.29, 0.717) is 0 Å². The molecule has 0 heterocycles. The van der Waals surface area contributed by atoms with Crippen LogP contribution in [-0.4, -0.2) is 17.0 Å². The van der Waals surface area contributed by atoms with E-state index in [1.54, 1.807) is 0 Å². The van der Waals surface area contributed by atoms with Crippen molar-refractivity contribution in [3.8, 4) is 0 Å². The Hall–Kier alpha value is -1.84. The summed E-state index contributed by atoms with van der Waals surface area (Å²) in [7, 11) is 0. The monoisotopic (exact) mass is 290 g/mol. The minimum absolute atomic E-state index is 0.0210. The summed E-state index contributed by atoms with van der Waals surface area (Å²) in [6.07, 6.45) is 5.08. The highest BCUT2D eigenvalue weighted by molar-refractivity contribution is 5.79. The number of hydrogen-bond donors (Lipinski definition) is 1. The number of aliphatic carboxylic acids is 1. The Morgan fingerprint density at radius 3 is 2.43 bits per heavy atom. The van der Waals surface area contributed by atoms with E-state index >= 15 is 0 Å². The van der Waals surface area contributed by atoms with E-state index in [2.05, 4.69) is 0 Å². The van der Waals surface area contributed by atoms with Crippen LogP contribution in [0.5, 0.6) is 0 Å². The molecule has 114 valence electrons. The Balaban J connectivity index is 1.84. The highest BCUT2D eigenvalue weighted by Crippen LogP contribution is 2.32. The van der Waals surface area contributed by atoms with Gasteiger partial charge >= 0.3 is 11.9 Å². The molecule has 1 aromatic rings. The summed E-state index contributed by atoms with van der Waals surface area (Å²) in [6, 6.07) is 9.41. The van der Waals surface area contributed by atoms with Crippen LogP contribution < -0.4 is 0 Å². The first-order valence-electron chi connectivity index (χ1n) is 7.59. The first-order chi connectivity index (χ1) is 10.2. The zero-order valence-corrected chi connectivity index (χ0v) is 12.2. The Labute approximate surface area is 125 Å². The summed E-state index contributed by atoms with van der Waals surface area (Å²) in [4.78, 5) is 23.3. The Morgan fingerprint density at radius 2 is 1.81 bits per heavy atom. The van der Waals surface area contributed by atoms with E-state index < -0.39 is 17.9 Å². The molecule has 0 aromatic heterocycles. The average Bonchev–Trinajstić information content (AvgIpc) is 2.52. The fourth-order valence-electron chi connectivity index (χ4n) is 2.97. The highest BCUT2D eigenvalue weighted by Gasteiger charge is 2.31. The van der Waals surface area contributed by atoms with Gasteiger partial charge in [-0.05, 0) is 24.3 Å². The van der Waals surface area contributed by atoms with Gasteiger partial charge in [0.2, 0.25) is 0 Å². The van der Waals surface area contributed by atoms with Gasteiger partial charge in [0.15, 0.2) is 0 Å². The molecule has 1 fully saturated rings. The lowest BCUT2D eigenvalue weighted by atomic mass is 9.78. The van der Waals surface area contributed by atoms with E-state index in [0.717, 1.165) is 31.2 Å². The van der Waals surface area contributed by atoms with Gasteiger partial charge in [-0.15, -0.1) is 0 Å². The number of benzene rings is 1. The molecule has 0 radical (unpaired) electrons. The lowest BCUT2D eigenvalue weighted by molar-refractivity contribution is -0.154. The number of hydrogen-bond acceptors (Lipinski definition) is 3. The molecule has 1 atom stereocenters. The van der Waals surface area contributed by atoms with Crippen molar-refractivity contribution < 1.29 is 19.4 Å². The molecule has 1 unspecified atom stereocenters. The molecule has 0 spiro atoms. The average molecular weight is 290 g/mol. The van der Waals surface area contributed by atoms with Crippen molar-refractivity contribution in [3.63, 3.8) is 0 Å². The van der Waals surface area contributed by atoms with Gasteiger partial charge in [0.25, 0.3) is 0 Å². The number of carboxylic acid groups (broad SMARTS) is 1. The number of ether oxygens (including phenoxy) is 1. The first kappa shape index (κ1) is 15.5. The number of carbonyl (C=O) groups is 2. The second kappa shape index (κ2) is 7.81. The van der Waals surface area contributed by atoms with Crippen molar-refractivity contribution in [3.05, 3.63) is 35.9 Å². The van der Waals surface area contributed by atoms with Crippen LogP contribution in [0.15, 0.2) is 30.3 Å². The van der Waals surface area contributed by atoms with Crippen LogP contribution in [0.3, 0.4) is 0 Å². The number of rotatable bonds is 6. The molecule has 4 nitrogen and oxygen atoms in total. The molecular weight excluding hydrogens is 268 g/mol. The normalized spacial score (nSPS) is 17.1. The molecule has 0 saturated heterocycles. The predicted octanol–water partition coefficient (Wildman–Crippen LogP) is 3.40. The van der Waals surface area contributed by atoms with Gasteiger partial charge in [0.1, 0.15) is 6.61 Å². The van der Waals surface area contributed by atoms with Crippen molar-refractivity contribution in [2.75, 3.05) is 0 Å². The highest BCUT2D eigenvalue weighted by atomic mass is 16.5. The summed E-state index contributed by atoms with van der Waals surface area (Å²) >= 11 is 0. The Kier molecular flexibility index (Phi) is 5.78. The van der Waals surface area contributed by atoms with Gasteiger partial charge < -0.3 is 9.84 Å².